The van der Waals surface area contributed by atoms with Gasteiger partial charge in [0.25, 0.3) is 0 Å². The van der Waals surface area contributed by atoms with Crippen molar-refractivity contribution in [1.29, 1.82) is 0 Å². The van der Waals surface area contributed by atoms with E-state index in [2.05, 4.69) is 265 Å². The molecule has 2 nitrogen and oxygen atoms in total. The van der Waals surface area contributed by atoms with Gasteiger partial charge < -0.3 is 9.80 Å². The molecule has 10 aromatic carbocycles. The Bertz CT molecular complexity index is 3340. The van der Waals surface area contributed by atoms with Crippen LogP contribution in [-0.2, 0) is 5.41 Å². The SMILES string of the molecule is c1ccc(B2c3ccccc3C3(c4ccc(-c5ccc(N(c6ccccc6)c6ccccc6)cc5)cc42)c2ccccc2B2c4ccccc4N(c4ccccc4)c4cccc3c42)cc1. The fourth-order valence-electron chi connectivity index (χ4n) is 11.7. The lowest BCUT2D eigenvalue weighted by atomic mass is 9.25. The molecule has 0 amide bonds. The minimum absolute atomic E-state index is 0.0323. The van der Waals surface area contributed by atoms with E-state index in [1.165, 1.54) is 83.2 Å². The fraction of sp³-hybridized carbons (Fsp3) is 0.0164. The summed E-state index contributed by atoms with van der Waals surface area (Å²) < 4.78 is 0. The molecule has 0 fully saturated rings. The van der Waals surface area contributed by atoms with Crippen molar-refractivity contribution in [3.63, 3.8) is 0 Å². The molecule has 13 rings (SSSR count). The molecule has 0 saturated carbocycles. The fourth-order valence-corrected chi connectivity index (χ4v) is 11.7. The molecule has 0 aliphatic carbocycles. The van der Waals surface area contributed by atoms with Gasteiger partial charge in [0.2, 0.25) is 13.4 Å². The van der Waals surface area contributed by atoms with Gasteiger partial charge in [-0.25, -0.2) is 0 Å². The molecule has 4 heteroatoms. The van der Waals surface area contributed by atoms with E-state index < -0.39 is 5.41 Å². The van der Waals surface area contributed by atoms with Crippen molar-refractivity contribution in [2.24, 2.45) is 0 Å². The molecule has 1 spiro atoms. The van der Waals surface area contributed by atoms with Gasteiger partial charge in [-0.3, -0.25) is 0 Å². The number of fused-ring (bicyclic) bond motifs is 10. The molecule has 0 N–H and O–H groups in total. The first-order valence-electron chi connectivity index (χ1n) is 22.8. The van der Waals surface area contributed by atoms with Gasteiger partial charge in [-0.2, -0.15) is 0 Å². The van der Waals surface area contributed by atoms with E-state index in [4.69, 9.17) is 0 Å². The predicted octanol–water partition coefficient (Wildman–Crippen LogP) is 10.6. The summed E-state index contributed by atoms with van der Waals surface area (Å²) in [4.78, 5) is 4.83. The van der Waals surface area contributed by atoms with Gasteiger partial charge in [0.05, 0.1) is 5.41 Å². The highest BCUT2D eigenvalue weighted by Crippen LogP contribution is 2.50. The first-order valence-corrected chi connectivity index (χ1v) is 22.8. The van der Waals surface area contributed by atoms with E-state index >= 15 is 0 Å². The smallest absolute Gasteiger partial charge is 0.247 e. The molecule has 1 atom stereocenters. The highest BCUT2D eigenvalue weighted by molar-refractivity contribution is 6.99. The molecular weight excluding hydrogens is 782 g/mol. The number of anilines is 6. The largest absolute Gasteiger partial charge is 0.312 e. The van der Waals surface area contributed by atoms with Crippen LogP contribution in [0.5, 0.6) is 0 Å². The van der Waals surface area contributed by atoms with E-state index in [1.807, 2.05) is 0 Å². The zero-order valence-electron chi connectivity index (χ0n) is 35.8. The molecular formula is C61H42B2N2. The maximum absolute atomic E-state index is 2.52. The minimum atomic E-state index is -0.585. The number of rotatable bonds is 6. The second kappa shape index (κ2) is 15.0. The van der Waals surface area contributed by atoms with Crippen LogP contribution in [0.1, 0.15) is 22.3 Å². The van der Waals surface area contributed by atoms with Gasteiger partial charge in [-0.05, 0) is 105 Å². The Hall–Kier alpha value is -8.07. The van der Waals surface area contributed by atoms with Crippen LogP contribution >= 0.6 is 0 Å². The van der Waals surface area contributed by atoms with Gasteiger partial charge >= 0.3 is 0 Å². The summed E-state index contributed by atoms with van der Waals surface area (Å²) in [7, 11) is 0. The van der Waals surface area contributed by atoms with Gasteiger partial charge in [-0.1, -0.05) is 216 Å². The molecule has 1 unspecified atom stereocenters. The monoisotopic (exact) mass is 824 g/mol. The van der Waals surface area contributed by atoms with Crippen molar-refractivity contribution in [3.05, 3.63) is 277 Å². The average Bonchev–Trinajstić information content (AvgIpc) is 3.38. The van der Waals surface area contributed by atoms with Crippen molar-refractivity contribution >= 4 is 80.3 Å². The van der Waals surface area contributed by atoms with Crippen LogP contribution in [-0.4, -0.2) is 13.4 Å². The Morgan fingerprint density at radius 3 is 1.46 bits per heavy atom. The second-order valence-electron chi connectivity index (χ2n) is 17.5. The number of hydrogen-bond donors (Lipinski definition) is 0. The van der Waals surface area contributed by atoms with E-state index in [1.54, 1.807) is 0 Å². The van der Waals surface area contributed by atoms with Gasteiger partial charge in [0, 0.05) is 34.1 Å². The maximum atomic E-state index is 2.52. The minimum Gasteiger partial charge on any atom is -0.312 e. The Morgan fingerprint density at radius 2 is 0.800 bits per heavy atom. The Morgan fingerprint density at radius 1 is 0.323 bits per heavy atom. The maximum Gasteiger partial charge on any atom is 0.247 e. The Labute approximate surface area is 381 Å². The standard InChI is InChI=1S/C61H42B2N2/c1-5-20-45(21-6-1)62-54-31-15-13-28-50(54)61(52-41-38-44(42-57(52)62)43-36-39-49(40-37-43)64(46-22-7-2-8-23-46)47-24-9-3-10-25-47)51-29-14-16-32-55(51)63-56-33-17-18-34-58(56)65(48-26-11-4-12-27-48)59-35-19-30-53(61)60(59)63/h1-42H. The molecule has 3 aliphatic rings. The first-order chi connectivity index (χ1) is 32.3. The summed E-state index contributed by atoms with van der Waals surface area (Å²) in [5.41, 5.74) is 22.3. The second-order valence-corrected chi connectivity index (χ2v) is 17.5. The third kappa shape index (κ3) is 5.63. The third-order valence-corrected chi connectivity index (χ3v) is 14.3. The van der Waals surface area contributed by atoms with Crippen molar-refractivity contribution < 1.29 is 0 Å². The summed E-state index contributed by atoms with van der Waals surface area (Å²) in [6.07, 6.45) is 0. The van der Waals surface area contributed by atoms with Crippen LogP contribution in [0.2, 0.25) is 0 Å². The average molecular weight is 825 g/mol. The summed E-state index contributed by atoms with van der Waals surface area (Å²) in [6.45, 7) is 0.107. The zero-order valence-corrected chi connectivity index (χ0v) is 35.8. The van der Waals surface area contributed by atoms with Gasteiger partial charge in [0.15, 0.2) is 0 Å². The number of benzene rings is 10. The van der Waals surface area contributed by atoms with E-state index in [-0.39, 0.29) is 13.4 Å². The molecule has 3 heterocycles. The first kappa shape index (κ1) is 37.5. The molecule has 0 aromatic heterocycles. The lowest BCUT2D eigenvalue weighted by Gasteiger charge is -2.51. The van der Waals surface area contributed by atoms with Crippen LogP contribution in [0.3, 0.4) is 0 Å². The van der Waals surface area contributed by atoms with Crippen molar-refractivity contribution in [2.75, 3.05) is 9.80 Å². The lowest BCUT2D eigenvalue weighted by molar-refractivity contribution is 0.757. The van der Waals surface area contributed by atoms with Crippen LogP contribution in [0.25, 0.3) is 11.1 Å². The van der Waals surface area contributed by atoms with Crippen LogP contribution < -0.4 is 42.6 Å². The van der Waals surface area contributed by atoms with Gasteiger partial charge in [-0.15, -0.1) is 0 Å². The van der Waals surface area contributed by atoms with Crippen molar-refractivity contribution in [3.8, 4) is 11.1 Å². The van der Waals surface area contributed by atoms with E-state index in [0.29, 0.717) is 0 Å². The predicted molar refractivity (Wildman–Crippen MR) is 275 cm³/mol. The van der Waals surface area contributed by atoms with Crippen LogP contribution in [0, 0.1) is 0 Å². The van der Waals surface area contributed by atoms with Crippen molar-refractivity contribution in [2.45, 2.75) is 5.41 Å². The summed E-state index contributed by atoms with van der Waals surface area (Å²) in [6, 6.07) is 94.7. The number of hydrogen-bond acceptors (Lipinski definition) is 2. The molecule has 0 radical (unpaired) electrons. The Balaban J connectivity index is 1.06. The third-order valence-electron chi connectivity index (χ3n) is 14.3. The zero-order chi connectivity index (χ0) is 42.9. The van der Waals surface area contributed by atoms with E-state index in [0.717, 1.165) is 17.1 Å². The molecule has 0 saturated heterocycles. The van der Waals surface area contributed by atoms with Crippen LogP contribution in [0.15, 0.2) is 255 Å². The highest BCUT2D eigenvalue weighted by atomic mass is 15.2. The molecule has 0 bridgehead atoms. The highest BCUT2D eigenvalue weighted by Gasteiger charge is 2.55. The van der Waals surface area contributed by atoms with Crippen LogP contribution in [0.4, 0.5) is 34.1 Å². The molecule has 3 aliphatic heterocycles. The Kier molecular flexibility index (Phi) is 8.67. The summed E-state index contributed by atoms with van der Waals surface area (Å²) in [5.74, 6) is 0. The molecule has 10 aromatic rings. The molecule has 65 heavy (non-hydrogen) atoms. The van der Waals surface area contributed by atoms with E-state index in [9.17, 15) is 0 Å². The van der Waals surface area contributed by atoms with Crippen molar-refractivity contribution in [1.82, 2.24) is 0 Å². The number of para-hydroxylation sites is 4. The topological polar surface area (TPSA) is 6.48 Å². The number of nitrogens with zero attached hydrogens (tertiary/aromatic N) is 2. The quantitative estimate of drug-likeness (QED) is 0.154. The normalized spacial score (nSPS) is 15.0. The molecule has 302 valence electrons. The lowest BCUT2D eigenvalue weighted by Crippen LogP contribution is -2.69. The summed E-state index contributed by atoms with van der Waals surface area (Å²) in [5, 5.41) is 0. The summed E-state index contributed by atoms with van der Waals surface area (Å²) >= 11 is 0. The van der Waals surface area contributed by atoms with Gasteiger partial charge in [0.1, 0.15) is 0 Å².